The molecule has 2 aliphatic rings. The summed E-state index contributed by atoms with van der Waals surface area (Å²) < 4.78 is 27.3. The minimum absolute atomic E-state index is 0.115. The van der Waals surface area contributed by atoms with Gasteiger partial charge in [-0.3, -0.25) is 9.80 Å². The van der Waals surface area contributed by atoms with Crippen molar-refractivity contribution in [3.63, 3.8) is 0 Å². The minimum atomic E-state index is -0.374. The van der Waals surface area contributed by atoms with E-state index < -0.39 is 0 Å². The van der Waals surface area contributed by atoms with Crippen LogP contribution in [0.5, 0.6) is 0 Å². The van der Waals surface area contributed by atoms with Gasteiger partial charge in [-0.2, -0.15) is 0 Å². The third-order valence-electron chi connectivity index (χ3n) is 5.73. The molecule has 2 aromatic carbocycles. The number of halogens is 2. The molecule has 1 N–H and O–H groups in total. The molecule has 2 aliphatic heterocycles. The average Bonchev–Trinajstić information content (AvgIpc) is 3.16. The number of benzene rings is 2. The van der Waals surface area contributed by atoms with Gasteiger partial charge < -0.3 is 10.2 Å². The van der Waals surface area contributed by atoms with Crippen LogP contribution < -0.4 is 15.1 Å². The summed E-state index contributed by atoms with van der Waals surface area (Å²) in [5.74, 6) is -0.695. The number of likely N-dealkylation sites (tertiary alicyclic amines) is 1. The third-order valence-corrected chi connectivity index (χ3v) is 5.73. The molecule has 0 unspecified atom stereocenters. The molecular formula is C22H26F2N4O. The molecule has 0 spiro atoms. The van der Waals surface area contributed by atoms with Crippen LogP contribution in [0.1, 0.15) is 20.3 Å². The first kappa shape index (κ1) is 19.6. The molecule has 0 bridgehead atoms. The zero-order valence-corrected chi connectivity index (χ0v) is 16.7. The molecule has 154 valence electrons. The van der Waals surface area contributed by atoms with E-state index in [0.717, 1.165) is 25.2 Å². The molecule has 0 aromatic heterocycles. The third kappa shape index (κ3) is 4.05. The Morgan fingerprint density at radius 2 is 1.72 bits per heavy atom. The van der Waals surface area contributed by atoms with Crippen LogP contribution in [0.15, 0.2) is 42.5 Å². The monoisotopic (exact) mass is 400 g/mol. The molecule has 2 heterocycles. The van der Waals surface area contributed by atoms with Crippen LogP contribution in [-0.4, -0.2) is 49.2 Å². The highest BCUT2D eigenvalue weighted by molar-refractivity contribution is 5.98. The van der Waals surface area contributed by atoms with Gasteiger partial charge in [0.25, 0.3) is 0 Å². The summed E-state index contributed by atoms with van der Waals surface area (Å²) in [7, 11) is 0. The Hall–Kier alpha value is -2.67. The maximum Gasteiger partial charge on any atom is 0.322 e. The Balaban J connectivity index is 1.55. The summed E-state index contributed by atoms with van der Waals surface area (Å²) in [5.41, 5.74) is 2.02. The maximum atomic E-state index is 14.0. The zero-order chi connectivity index (χ0) is 20.5. The van der Waals surface area contributed by atoms with Crippen molar-refractivity contribution in [2.24, 2.45) is 0 Å². The Bertz CT molecular complexity index is 887. The number of nitrogens with one attached hydrogen (secondary N) is 1. The van der Waals surface area contributed by atoms with Crippen molar-refractivity contribution in [1.82, 2.24) is 10.2 Å². The molecule has 2 amide bonds. The van der Waals surface area contributed by atoms with Crippen molar-refractivity contribution in [1.29, 1.82) is 0 Å². The lowest BCUT2D eigenvalue weighted by atomic mass is 10.1. The van der Waals surface area contributed by atoms with E-state index in [1.807, 2.05) is 4.90 Å². The van der Waals surface area contributed by atoms with Gasteiger partial charge in [0.05, 0.1) is 11.4 Å². The van der Waals surface area contributed by atoms with Gasteiger partial charge in [0.2, 0.25) is 0 Å². The van der Waals surface area contributed by atoms with Crippen LogP contribution in [0, 0.1) is 11.6 Å². The molecule has 1 fully saturated rings. The van der Waals surface area contributed by atoms with E-state index in [9.17, 15) is 13.6 Å². The summed E-state index contributed by atoms with van der Waals surface area (Å²) in [6.07, 6.45) is 0.926. The largest absolute Gasteiger partial charge is 0.338 e. The molecule has 1 atom stereocenters. The Labute approximate surface area is 169 Å². The molecule has 0 aliphatic carbocycles. The van der Waals surface area contributed by atoms with Gasteiger partial charge in [-0.05, 0) is 62.7 Å². The lowest BCUT2D eigenvalue weighted by Crippen LogP contribution is -2.50. The SMILES string of the molecule is CC(C)N1CC[C@@H](NC(=O)N2CCN(c3ccc(F)cc3)c3cc(F)ccc32)C1. The van der Waals surface area contributed by atoms with Crippen molar-refractivity contribution in [2.45, 2.75) is 32.4 Å². The van der Waals surface area contributed by atoms with E-state index in [1.54, 1.807) is 23.1 Å². The quantitative estimate of drug-likeness (QED) is 0.843. The summed E-state index contributed by atoms with van der Waals surface area (Å²) in [6.45, 7) is 7.09. The van der Waals surface area contributed by atoms with Crippen LogP contribution >= 0.6 is 0 Å². The van der Waals surface area contributed by atoms with Gasteiger partial charge in [-0.25, -0.2) is 13.6 Å². The van der Waals surface area contributed by atoms with Gasteiger partial charge in [0.15, 0.2) is 0 Å². The number of nitrogens with zero attached hydrogens (tertiary/aromatic N) is 3. The van der Waals surface area contributed by atoms with Gasteiger partial charge in [-0.15, -0.1) is 0 Å². The van der Waals surface area contributed by atoms with Crippen LogP contribution in [0.2, 0.25) is 0 Å². The Morgan fingerprint density at radius 1 is 1.00 bits per heavy atom. The summed E-state index contributed by atoms with van der Waals surface area (Å²) in [4.78, 5) is 18.9. The average molecular weight is 400 g/mol. The second-order valence-electron chi connectivity index (χ2n) is 7.94. The molecule has 0 radical (unpaired) electrons. The summed E-state index contributed by atoms with van der Waals surface area (Å²) >= 11 is 0. The molecule has 29 heavy (non-hydrogen) atoms. The first-order valence-electron chi connectivity index (χ1n) is 10.1. The van der Waals surface area contributed by atoms with E-state index in [0.29, 0.717) is 30.5 Å². The summed E-state index contributed by atoms with van der Waals surface area (Å²) in [6, 6.07) is 10.9. The summed E-state index contributed by atoms with van der Waals surface area (Å²) in [5, 5.41) is 3.13. The van der Waals surface area contributed by atoms with E-state index in [-0.39, 0.29) is 23.7 Å². The van der Waals surface area contributed by atoms with Gasteiger partial charge >= 0.3 is 6.03 Å². The topological polar surface area (TPSA) is 38.8 Å². The van der Waals surface area contributed by atoms with Gasteiger partial charge in [0, 0.05) is 44.0 Å². The molecule has 1 saturated heterocycles. The normalized spacial score (nSPS) is 19.6. The number of rotatable bonds is 3. The second kappa shape index (κ2) is 7.99. The molecular weight excluding hydrogens is 374 g/mol. The fourth-order valence-corrected chi connectivity index (χ4v) is 4.11. The maximum absolute atomic E-state index is 14.0. The number of amides is 2. The smallest absolute Gasteiger partial charge is 0.322 e. The fraction of sp³-hybridized carbons (Fsp3) is 0.409. The molecule has 5 nitrogen and oxygen atoms in total. The molecule has 2 aromatic rings. The highest BCUT2D eigenvalue weighted by Gasteiger charge is 2.31. The lowest BCUT2D eigenvalue weighted by molar-refractivity contribution is 0.238. The van der Waals surface area contributed by atoms with E-state index >= 15 is 0 Å². The van der Waals surface area contributed by atoms with E-state index in [2.05, 4.69) is 24.1 Å². The Kier molecular flexibility index (Phi) is 5.41. The van der Waals surface area contributed by atoms with Gasteiger partial charge in [0.1, 0.15) is 11.6 Å². The lowest BCUT2D eigenvalue weighted by Gasteiger charge is -2.38. The predicted molar refractivity (Wildman–Crippen MR) is 111 cm³/mol. The van der Waals surface area contributed by atoms with E-state index in [4.69, 9.17) is 0 Å². The zero-order valence-electron chi connectivity index (χ0n) is 16.7. The van der Waals surface area contributed by atoms with Crippen LogP contribution in [-0.2, 0) is 0 Å². The highest BCUT2D eigenvalue weighted by Crippen LogP contribution is 2.38. The van der Waals surface area contributed by atoms with Crippen molar-refractivity contribution < 1.29 is 13.6 Å². The fourth-order valence-electron chi connectivity index (χ4n) is 4.11. The first-order valence-corrected chi connectivity index (χ1v) is 10.1. The Morgan fingerprint density at radius 3 is 2.41 bits per heavy atom. The number of hydrogen-bond acceptors (Lipinski definition) is 3. The van der Waals surface area contributed by atoms with Crippen LogP contribution in [0.25, 0.3) is 0 Å². The van der Waals surface area contributed by atoms with Crippen LogP contribution in [0.3, 0.4) is 0 Å². The predicted octanol–water partition coefficient (Wildman–Crippen LogP) is 4.12. The van der Waals surface area contributed by atoms with E-state index in [1.165, 1.54) is 24.3 Å². The number of carbonyl (C=O) groups is 1. The molecule has 4 rings (SSSR count). The number of urea groups is 1. The van der Waals surface area contributed by atoms with Crippen molar-refractivity contribution in [3.05, 3.63) is 54.1 Å². The van der Waals surface area contributed by atoms with Gasteiger partial charge in [-0.1, -0.05) is 0 Å². The van der Waals surface area contributed by atoms with Crippen molar-refractivity contribution in [2.75, 3.05) is 36.0 Å². The number of hydrogen-bond donors (Lipinski definition) is 1. The minimum Gasteiger partial charge on any atom is -0.338 e. The molecule has 0 saturated carbocycles. The van der Waals surface area contributed by atoms with Crippen LogP contribution in [0.4, 0.5) is 30.6 Å². The molecule has 7 heteroatoms. The highest BCUT2D eigenvalue weighted by atomic mass is 19.1. The standard InChI is InChI=1S/C22H26F2N4O/c1-15(2)26-10-9-18(14-26)25-22(29)28-12-11-27(19-6-3-16(23)4-7-19)21-13-17(24)5-8-20(21)28/h3-8,13,15,18H,9-12,14H2,1-2H3,(H,25,29)/t18-/m1/s1. The van der Waals surface area contributed by atoms with Crippen molar-refractivity contribution >= 4 is 23.1 Å². The van der Waals surface area contributed by atoms with Crippen molar-refractivity contribution in [3.8, 4) is 0 Å². The first-order chi connectivity index (χ1) is 13.9. The number of carbonyl (C=O) groups excluding carboxylic acids is 1. The number of fused-ring (bicyclic) bond motifs is 1. The number of anilines is 3. The second-order valence-corrected chi connectivity index (χ2v) is 7.94.